The smallest absolute Gasteiger partial charge is 0.160 e. The van der Waals surface area contributed by atoms with E-state index in [2.05, 4.69) is 150 Å². The Kier molecular flexibility index (Phi) is 6.78. The zero-order valence-electron chi connectivity index (χ0n) is 27.6. The summed E-state index contributed by atoms with van der Waals surface area (Å²) in [4.78, 5) is 15.3. The van der Waals surface area contributed by atoms with Crippen LogP contribution in [0.4, 0.5) is 0 Å². The molecule has 0 spiro atoms. The van der Waals surface area contributed by atoms with Crippen LogP contribution < -0.4 is 0 Å². The molecule has 0 saturated carbocycles. The SMILES string of the molecule is c1ccc(-c2cc(-c3ccc(-n4c5ccccc5c5cc6c(cc54)c(-c4ccccc4)nc4ccccc46)cc3)nc(-c3ccccc3)n2)cc1. The molecule has 0 N–H and O–H groups in total. The van der Waals surface area contributed by atoms with Gasteiger partial charge in [-0.05, 0) is 47.9 Å². The van der Waals surface area contributed by atoms with Crippen molar-refractivity contribution in [3.63, 3.8) is 0 Å². The van der Waals surface area contributed by atoms with Crippen molar-refractivity contribution in [1.29, 1.82) is 0 Å². The molecule has 0 aliphatic heterocycles. The molecule has 0 aliphatic rings. The van der Waals surface area contributed by atoms with Crippen LogP contribution in [0, 0.1) is 0 Å². The first kappa shape index (κ1) is 29.0. The maximum Gasteiger partial charge on any atom is 0.160 e. The van der Waals surface area contributed by atoms with Gasteiger partial charge in [-0.1, -0.05) is 140 Å². The highest BCUT2D eigenvalue weighted by Crippen LogP contribution is 2.40. The van der Waals surface area contributed by atoms with Crippen molar-refractivity contribution in [3.05, 3.63) is 182 Å². The van der Waals surface area contributed by atoms with Crippen LogP contribution in [0.1, 0.15) is 0 Å². The number of para-hydroxylation sites is 2. The zero-order chi connectivity index (χ0) is 33.7. The minimum absolute atomic E-state index is 0.709. The Hall–Kier alpha value is -6.91. The lowest BCUT2D eigenvalue weighted by atomic mass is 9.98. The van der Waals surface area contributed by atoms with Gasteiger partial charge in [0.15, 0.2) is 5.82 Å². The summed E-state index contributed by atoms with van der Waals surface area (Å²) in [6, 6.07) is 63.7. The summed E-state index contributed by atoms with van der Waals surface area (Å²) in [5.41, 5.74) is 11.3. The topological polar surface area (TPSA) is 43.6 Å². The Labute approximate surface area is 295 Å². The van der Waals surface area contributed by atoms with Gasteiger partial charge in [0.05, 0.1) is 33.6 Å². The fourth-order valence-electron chi connectivity index (χ4n) is 7.36. The molecular weight excluding hydrogens is 621 g/mol. The van der Waals surface area contributed by atoms with Gasteiger partial charge in [-0.3, -0.25) is 0 Å². The summed E-state index contributed by atoms with van der Waals surface area (Å²) in [7, 11) is 0. The van der Waals surface area contributed by atoms with Crippen LogP contribution in [-0.4, -0.2) is 19.5 Å². The average Bonchev–Trinajstić information content (AvgIpc) is 3.54. The molecule has 0 saturated heterocycles. The molecule has 0 amide bonds. The normalized spacial score (nSPS) is 11.5. The van der Waals surface area contributed by atoms with E-state index in [0.717, 1.165) is 72.3 Å². The monoisotopic (exact) mass is 650 g/mol. The first-order chi connectivity index (χ1) is 25.3. The number of pyridine rings is 1. The van der Waals surface area contributed by atoms with E-state index < -0.39 is 0 Å². The Morgan fingerprint density at radius 1 is 0.333 bits per heavy atom. The van der Waals surface area contributed by atoms with Gasteiger partial charge in [0, 0.05) is 49.5 Å². The molecule has 4 heteroatoms. The van der Waals surface area contributed by atoms with E-state index in [1.165, 1.54) is 16.2 Å². The molecule has 3 heterocycles. The predicted molar refractivity (Wildman–Crippen MR) is 211 cm³/mol. The fourth-order valence-corrected chi connectivity index (χ4v) is 7.36. The van der Waals surface area contributed by atoms with Gasteiger partial charge >= 0.3 is 0 Å². The van der Waals surface area contributed by atoms with Crippen LogP contribution in [0.5, 0.6) is 0 Å². The van der Waals surface area contributed by atoms with Crippen LogP contribution in [0.3, 0.4) is 0 Å². The van der Waals surface area contributed by atoms with Crippen molar-refractivity contribution < 1.29 is 0 Å². The maximum absolute atomic E-state index is 5.22. The lowest BCUT2D eigenvalue weighted by molar-refractivity contribution is 1.17. The Morgan fingerprint density at radius 2 is 0.902 bits per heavy atom. The molecule has 3 aromatic heterocycles. The second-order valence-electron chi connectivity index (χ2n) is 12.9. The molecule has 10 rings (SSSR count). The van der Waals surface area contributed by atoms with Crippen molar-refractivity contribution in [2.45, 2.75) is 0 Å². The number of hydrogen-bond donors (Lipinski definition) is 0. The summed E-state index contributed by atoms with van der Waals surface area (Å²) < 4.78 is 2.38. The average molecular weight is 651 g/mol. The van der Waals surface area contributed by atoms with E-state index in [9.17, 15) is 0 Å². The van der Waals surface area contributed by atoms with E-state index in [1.807, 2.05) is 36.4 Å². The first-order valence-electron chi connectivity index (χ1n) is 17.2. The quantitative estimate of drug-likeness (QED) is 0.174. The van der Waals surface area contributed by atoms with Crippen molar-refractivity contribution in [2.24, 2.45) is 0 Å². The second-order valence-corrected chi connectivity index (χ2v) is 12.9. The molecule has 0 atom stereocenters. The zero-order valence-corrected chi connectivity index (χ0v) is 27.6. The van der Waals surface area contributed by atoms with Crippen molar-refractivity contribution in [3.8, 4) is 50.8 Å². The van der Waals surface area contributed by atoms with E-state index in [1.54, 1.807) is 0 Å². The van der Waals surface area contributed by atoms with Crippen LogP contribution in [-0.2, 0) is 0 Å². The highest BCUT2D eigenvalue weighted by Gasteiger charge is 2.18. The van der Waals surface area contributed by atoms with Gasteiger partial charge in [-0.2, -0.15) is 0 Å². The van der Waals surface area contributed by atoms with Gasteiger partial charge in [0.25, 0.3) is 0 Å². The number of nitrogens with zero attached hydrogens (tertiary/aromatic N) is 4. The highest BCUT2D eigenvalue weighted by molar-refractivity contribution is 6.20. The van der Waals surface area contributed by atoms with Gasteiger partial charge in [0.1, 0.15) is 0 Å². The molecule has 0 unspecified atom stereocenters. The van der Waals surface area contributed by atoms with Gasteiger partial charge in [-0.15, -0.1) is 0 Å². The molecule has 51 heavy (non-hydrogen) atoms. The van der Waals surface area contributed by atoms with Gasteiger partial charge in [0.2, 0.25) is 0 Å². The Bertz CT molecular complexity index is 2820. The third kappa shape index (κ3) is 4.96. The van der Waals surface area contributed by atoms with Gasteiger partial charge in [-0.25, -0.2) is 15.0 Å². The largest absolute Gasteiger partial charge is 0.309 e. The Balaban J connectivity index is 1.17. The molecule has 7 aromatic carbocycles. The Morgan fingerprint density at radius 3 is 1.61 bits per heavy atom. The summed E-state index contributed by atoms with van der Waals surface area (Å²) >= 11 is 0. The molecule has 0 bridgehead atoms. The van der Waals surface area contributed by atoms with Crippen LogP contribution in [0.15, 0.2) is 182 Å². The molecule has 0 fully saturated rings. The summed E-state index contributed by atoms with van der Waals surface area (Å²) in [5, 5.41) is 5.93. The number of aromatic nitrogens is 4. The number of rotatable bonds is 5. The van der Waals surface area contributed by atoms with Crippen LogP contribution in [0.25, 0.3) is 94.3 Å². The highest BCUT2D eigenvalue weighted by atomic mass is 15.0. The van der Waals surface area contributed by atoms with E-state index in [4.69, 9.17) is 15.0 Å². The van der Waals surface area contributed by atoms with Crippen LogP contribution in [0.2, 0.25) is 0 Å². The maximum atomic E-state index is 5.22. The molecule has 238 valence electrons. The number of hydrogen-bond acceptors (Lipinski definition) is 3. The lowest BCUT2D eigenvalue weighted by Crippen LogP contribution is -1.97. The van der Waals surface area contributed by atoms with Gasteiger partial charge < -0.3 is 4.57 Å². The molecule has 0 radical (unpaired) electrons. The molecule has 4 nitrogen and oxygen atoms in total. The molecule has 0 aliphatic carbocycles. The first-order valence-corrected chi connectivity index (χ1v) is 17.2. The third-order valence-corrected chi connectivity index (χ3v) is 9.79. The lowest BCUT2D eigenvalue weighted by Gasteiger charge is -2.13. The van der Waals surface area contributed by atoms with E-state index in [-0.39, 0.29) is 0 Å². The predicted octanol–water partition coefficient (Wildman–Crippen LogP) is 11.9. The minimum atomic E-state index is 0.709. The number of benzene rings is 7. The summed E-state index contributed by atoms with van der Waals surface area (Å²) in [5.74, 6) is 0.709. The molecular formula is C47H30N4. The fraction of sp³-hybridized carbons (Fsp3) is 0. The van der Waals surface area contributed by atoms with Crippen LogP contribution >= 0.6 is 0 Å². The van der Waals surface area contributed by atoms with Crippen molar-refractivity contribution in [2.75, 3.05) is 0 Å². The number of fused-ring (bicyclic) bond motifs is 6. The third-order valence-electron chi connectivity index (χ3n) is 9.79. The van der Waals surface area contributed by atoms with Crippen molar-refractivity contribution >= 4 is 43.5 Å². The standard InChI is InChI=1S/C47H30N4/c1-4-14-31(15-5-1)42-30-43(50-47(49-42)34-18-8-3-9-19-34)32-24-26-35(27-25-32)51-44-23-13-11-21-37(44)39-28-38-36-20-10-12-22-41(36)48-46(40(38)29-45(39)51)33-16-6-2-7-17-33/h1-30H. The van der Waals surface area contributed by atoms with E-state index in [0.29, 0.717) is 5.82 Å². The minimum Gasteiger partial charge on any atom is -0.309 e. The van der Waals surface area contributed by atoms with E-state index >= 15 is 0 Å². The second kappa shape index (κ2) is 11.9. The molecule has 10 aromatic rings. The van der Waals surface area contributed by atoms with Crippen molar-refractivity contribution in [1.82, 2.24) is 19.5 Å². The summed E-state index contributed by atoms with van der Waals surface area (Å²) in [6.07, 6.45) is 0. The summed E-state index contributed by atoms with van der Waals surface area (Å²) in [6.45, 7) is 0.